The number of nitro benzene ring substituents is 1. The monoisotopic (exact) mass is 439 g/mol. The molecule has 29 heavy (non-hydrogen) atoms. The highest BCUT2D eigenvalue weighted by molar-refractivity contribution is 7.90. The van der Waals surface area contributed by atoms with Crippen LogP contribution in [0.1, 0.15) is 11.6 Å². The van der Waals surface area contributed by atoms with Crippen molar-refractivity contribution in [2.24, 2.45) is 0 Å². The summed E-state index contributed by atoms with van der Waals surface area (Å²) in [4.78, 5) is 13.1. The van der Waals surface area contributed by atoms with Crippen LogP contribution < -0.4 is 5.32 Å². The van der Waals surface area contributed by atoms with Crippen LogP contribution in [0.5, 0.6) is 0 Å². The molecule has 10 heteroatoms. The largest absolute Gasteiger partial charge is 0.379 e. The molecular weight excluding hydrogens is 418 g/mol. The Kier molecular flexibility index (Phi) is 6.74. The van der Waals surface area contributed by atoms with Gasteiger partial charge < -0.3 is 10.1 Å². The van der Waals surface area contributed by atoms with Crippen LogP contribution in [0.2, 0.25) is 5.02 Å². The van der Waals surface area contributed by atoms with E-state index in [2.05, 4.69) is 10.2 Å². The topological polar surface area (TPSA) is 102 Å². The molecule has 0 amide bonds. The van der Waals surface area contributed by atoms with Crippen LogP contribution in [0.25, 0.3) is 0 Å². The van der Waals surface area contributed by atoms with Crippen LogP contribution >= 0.6 is 11.6 Å². The molecule has 0 spiro atoms. The molecule has 1 aliphatic rings. The molecule has 2 aromatic rings. The van der Waals surface area contributed by atoms with Crippen molar-refractivity contribution < 1.29 is 18.1 Å². The number of nitrogens with one attached hydrogen (secondary N) is 1. The molecule has 1 saturated heterocycles. The minimum Gasteiger partial charge on any atom is -0.379 e. The maximum absolute atomic E-state index is 11.7. The van der Waals surface area contributed by atoms with Crippen LogP contribution in [0.15, 0.2) is 47.4 Å². The maximum Gasteiger partial charge on any atom is 0.293 e. The van der Waals surface area contributed by atoms with Crippen molar-refractivity contribution in [2.45, 2.75) is 10.9 Å². The fourth-order valence-corrected chi connectivity index (χ4v) is 4.05. The van der Waals surface area contributed by atoms with E-state index in [9.17, 15) is 18.5 Å². The summed E-state index contributed by atoms with van der Waals surface area (Å²) in [7, 11) is -3.54. The first-order valence-corrected chi connectivity index (χ1v) is 11.3. The fraction of sp³-hybridized carbons (Fsp3) is 0.368. The fourth-order valence-electron chi connectivity index (χ4n) is 3.28. The highest BCUT2D eigenvalue weighted by Gasteiger charge is 2.24. The second kappa shape index (κ2) is 9.08. The van der Waals surface area contributed by atoms with Gasteiger partial charge >= 0.3 is 0 Å². The Hall–Kier alpha value is -2.20. The number of nitrogens with zero attached hydrogens (tertiary/aromatic N) is 2. The standard InChI is InChI=1S/C19H22ClN3O5S/c1-29(26,27)16-6-7-17(18(12-16)23(24)25)21-13-19(22-8-10-28-11-9-22)14-2-4-15(20)5-3-14/h2-7,12,19,21H,8-11,13H2,1H3. The summed E-state index contributed by atoms with van der Waals surface area (Å²) in [6.07, 6.45) is 1.02. The minimum absolute atomic E-state index is 0.0506. The molecule has 0 aromatic heterocycles. The molecule has 1 aliphatic heterocycles. The van der Waals surface area contributed by atoms with Gasteiger partial charge in [-0.15, -0.1) is 0 Å². The predicted octanol–water partition coefficient (Wildman–Crippen LogP) is 3.14. The predicted molar refractivity (Wildman–Crippen MR) is 111 cm³/mol. The summed E-state index contributed by atoms with van der Waals surface area (Å²) >= 11 is 6.01. The van der Waals surface area contributed by atoms with Gasteiger partial charge in [0, 0.05) is 37.0 Å². The summed E-state index contributed by atoms with van der Waals surface area (Å²) in [6.45, 7) is 3.12. The van der Waals surface area contributed by atoms with Crippen LogP contribution in [-0.4, -0.2) is 57.3 Å². The molecule has 0 radical (unpaired) electrons. The maximum atomic E-state index is 11.7. The number of sulfone groups is 1. The summed E-state index contributed by atoms with van der Waals surface area (Å²) in [5, 5.41) is 15.2. The van der Waals surface area contributed by atoms with Gasteiger partial charge in [0.2, 0.25) is 0 Å². The van der Waals surface area contributed by atoms with Gasteiger partial charge in [-0.25, -0.2) is 8.42 Å². The van der Waals surface area contributed by atoms with Crippen LogP contribution in [-0.2, 0) is 14.6 Å². The Morgan fingerprint density at radius 2 is 1.86 bits per heavy atom. The second-order valence-corrected chi connectivity index (χ2v) is 9.26. The van der Waals surface area contributed by atoms with Gasteiger partial charge in [0.05, 0.1) is 29.1 Å². The first-order valence-electron chi connectivity index (χ1n) is 9.05. The third kappa shape index (κ3) is 5.45. The normalized spacial score (nSPS) is 16.3. The summed E-state index contributed by atoms with van der Waals surface area (Å²) < 4.78 is 28.9. The highest BCUT2D eigenvalue weighted by Crippen LogP contribution is 2.30. The Balaban J connectivity index is 1.87. The van der Waals surface area contributed by atoms with E-state index >= 15 is 0 Å². The molecule has 3 rings (SSSR count). The Morgan fingerprint density at radius 1 is 1.21 bits per heavy atom. The lowest BCUT2D eigenvalue weighted by Crippen LogP contribution is -2.41. The Labute approximate surface area is 174 Å². The molecular formula is C19H22ClN3O5S. The van der Waals surface area contributed by atoms with E-state index in [1.807, 2.05) is 24.3 Å². The number of hydrogen-bond acceptors (Lipinski definition) is 7. The Morgan fingerprint density at radius 3 is 2.45 bits per heavy atom. The SMILES string of the molecule is CS(=O)(=O)c1ccc(NCC(c2ccc(Cl)cc2)N2CCOCC2)c([N+](=O)[O-])c1. The molecule has 2 aromatic carbocycles. The summed E-state index contributed by atoms with van der Waals surface area (Å²) in [5.41, 5.74) is 1.03. The zero-order valence-corrected chi connectivity index (χ0v) is 17.4. The van der Waals surface area contributed by atoms with E-state index in [1.54, 1.807) is 0 Å². The number of morpholine rings is 1. The van der Waals surface area contributed by atoms with Gasteiger partial charge in [0.25, 0.3) is 5.69 Å². The average molecular weight is 440 g/mol. The van der Waals surface area contributed by atoms with Gasteiger partial charge in [0.15, 0.2) is 9.84 Å². The Bertz CT molecular complexity index is 976. The van der Waals surface area contributed by atoms with Gasteiger partial charge in [-0.1, -0.05) is 23.7 Å². The van der Waals surface area contributed by atoms with Gasteiger partial charge in [0.1, 0.15) is 5.69 Å². The van der Waals surface area contributed by atoms with Crippen molar-refractivity contribution in [1.82, 2.24) is 4.90 Å². The molecule has 1 fully saturated rings. The lowest BCUT2D eigenvalue weighted by molar-refractivity contribution is -0.384. The minimum atomic E-state index is -3.54. The summed E-state index contributed by atoms with van der Waals surface area (Å²) in [6, 6.07) is 11.3. The van der Waals surface area contributed by atoms with Crippen LogP contribution in [0.3, 0.4) is 0 Å². The van der Waals surface area contributed by atoms with Crippen molar-refractivity contribution >= 4 is 32.8 Å². The van der Waals surface area contributed by atoms with Crippen LogP contribution in [0, 0.1) is 10.1 Å². The van der Waals surface area contributed by atoms with Crippen molar-refractivity contribution in [3.8, 4) is 0 Å². The molecule has 156 valence electrons. The average Bonchev–Trinajstić information content (AvgIpc) is 2.69. The van der Waals surface area contributed by atoms with E-state index in [-0.39, 0.29) is 22.3 Å². The number of anilines is 1. The number of ether oxygens (including phenoxy) is 1. The van der Waals surface area contributed by atoms with E-state index in [1.165, 1.54) is 12.1 Å². The number of halogens is 1. The molecule has 0 bridgehead atoms. The zero-order chi connectivity index (χ0) is 21.0. The highest BCUT2D eigenvalue weighted by atomic mass is 35.5. The van der Waals surface area contributed by atoms with Crippen molar-refractivity contribution in [1.29, 1.82) is 0 Å². The van der Waals surface area contributed by atoms with E-state index in [0.717, 1.165) is 31.0 Å². The lowest BCUT2D eigenvalue weighted by atomic mass is 10.0. The van der Waals surface area contributed by atoms with E-state index in [0.29, 0.717) is 24.8 Å². The zero-order valence-electron chi connectivity index (χ0n) is 15.9. The van der Waals surface area contributed by atoms with Gasteiger partial charge in [-0.3, -0.25) is 15.0 Å². The number of nitro groups is 1. The molecule has 0 saturated carbocycles. The van der Waals surface area contributed by atoms with Crippen LogP contribution in [0.4, 0.5) is 11.4 Å². The molecule has 1 unspecified atom stereocenters. The van der Waals surface area contributed by atoms with Gasteiger partial charge in [-0.2, -0.15) is 0 Å². The number of benzene rings is 2. The third-order valence-corrected chi connectivity index (χ3v) is 6.18. The number of rotatable bonds is 7. The van der Waals surface area contributed by atoms with Gasteiger partial charge in [-0.05, 0) is 29.8 Å². The lowest BCUT2D eigenvalue weighted by Gasteiger charge is -2.35. The second-order valence-electron chi connectivity index (χ2n) is 6.80. The molecule has 1 heterocycles. The van der Waals surface area contributed by atoms with E-state index < -0.39 is 14.8 Å². The number of hydrogen-bond donors (Lipinski definition) is 1. The van der Waals surface area contributed by atoms with Crippen molar-refractivity contribution in [3.05, 3.63) is 63.2 Å². The quantitative estimate of drug-likeness (QED) is 0.522. The third-order valence-electron chi connectivity index (χ3n) is 4.82. The van der Waals surface area contributed by atoms with E-state index in [4.69, 9.17) is 16.3 Å². The van der Waals surface area contributed by atoms with Crippen molar-refractivity contribution in [3.63, 3.8) is 0 Å². The molecule has 0 aliphatic carbocycles. The molecule has 1 atom stereocenters. The smallest absolute Gasteiger partial charge is 0.293 e. The first kappa shape index (κ1) is 21.5. The summed E-state index contributed by atoms with van der Waals surface area (Å²) in [5.74, 6) is 0. The first-order chi connectivity index (χ1) is 13.8. The molecule has 1 N–H and O–H groups in total. The molecule has 8 nitrogen and oxygen atoms in total. The van der Waals surface area contributed by atoms with Crippen molar-refractivity contribution in [2.75, 3.05) is 44.4 Å².